The molecule has 0 aromatic heterocycles. The normalized spacial score (nSPS) is 11.6. The van der Waals surface area contributed by atoms with E-state index in [-0.39, 0.29) is 5.97 Å². The average molecular weight is 294 g/mol. The van der Waals surface area contributed by atoms with Gasteiger partial charge in [0.15, 0.2) is 5.11 Å². The Morgan fingerprint density at radius 1 is 1.30 bits per heavy atom. The number of ether oxygens (including phenoxy) is 1. The van der Waals surface area contributed by atoms with Gasteiger partial charge in [-0.2, -0.15) is 0 Å². The van der Waals surface area contributed by atoms with Crippen LogP contribution < -0.4 is 10.6 Å². The zero-order chi connectivity index (χ0) is 15.0. The summed E-state index contributed by atoms with van der Waals surface area (Å²) in [5, 5.41) is 6.91. The third kappa shape index (κ3) is 5.57. The van der Waals surface area contributed by atoms with E-state index in [1.165, 1.54) is 0 Å². The summed E-state index contributed by atoms with van der Waals surface area (Å²) < 4.78 is 4.93. The summed E-state index contributed by atoms with van der Waals surface area (Å²) in [7, 11) is 0. The molecule has 1 atom stereocenters. The van der Waals surface area contributed by atoms with Crippen molar-refractivity contribution < 1.29 is 9.53 Å². The molecule has 0 amide bonds. The lowest BCUT2D eigenvalue weighted by Crippen LogP contribution is -2.35. The predicted octanol–water partition coefficient (Wildman–Crippen LogP) is 3.34. The van der Waals surface area contributed by atoms with Gasteiger partial charge in [-0.3, -0.25) is 0 Å². The first-order chi connectivity index (χ1) is 9.56. The predicted molar refractivity (Wildman–Crippen MR) is 86.1 cm³/mol. The molecule has 0 saturated carbocycles. The van der Waals surface area contributed by atoms with Crippen molar-refractivity contribution in [3.63, 3.8) is 0 Å². The molecule has 1 rings (SSSR count). The van der Waals surface area contributed by atoms with Gasteiger partial charge in [0.1, 0.15) is 0 Å². The maximum Gasteiger partial charge on any atom is 0.338 e. The van der Waals surface area contributed by atoms with Crippen LogP contribution in [0.25, 0.3) is 0 Å². The second kappa shape index (κ2) is 8.53. The molecule has 0 spiro atoms. The highest BCUT2D eigenvalue weighted by molar-refractivity contribution is 7.80. The zero-order valence-electron chi connectivity index (χ0n) is 12.2. The third-order valence-corrected chi connectivity index (χ3v) is 2.97. The van der Waals surface area contributed by atoms with E-state index in [9.17, 15) is 4.79 Å². The van der Waals surface area contributed by atoms with Gasteiger partial charge in [-0.25, -0.2) is 4.79 Å². The smallest absolute Gasteiger partial charge is 0.338 e. The number of carbonyl (C=O) groups is 1. The highest BCUT2D eigenvalue weighted by Gasteiger charge is 2.07. The lowest BCUT2D eigenvalue weighted by molar-refractivity contribution is 0.0526. The number of nitrogens with one attached hydrogen (secondary N) is 2. The zero-order valence-corrected chi connectivity index (χ0v) is 13.0. The molecule has 110 valence electrons. The molecule has 0 heterocycles. The molecule has 2 N–H and O–H groups in total. The molecule has 0 fully saturated rings. The van der Waals surface area contributed by atoms with E-state index in [0.29, 0.717) is 23.3 Å². The number of hydrogen-bond acceptors (Lipinski definition) is 3. The fourth-order valence-corrected chi connectivity index (χ4v) is 2.12. The van der Waals surface area contributed by atoms with Crippen molar-refractivity contribution in [3.05, 3.63) is 29.8 Å². The highest BCUT2D eigenvalue weighted by Crippen LogP contribution is 2.10. The molecule has 1 aromatic carbocycles. The summed E-state index contributed by atoms with van der Waals surface area (Å²) in [4.78, 5) is 11.5. The van der Waals surface area contributed by atoms with Crippen LogP contribution in [0.2, 0.25) is 0 Å². The van der Waals surface area contributed by atoms with Crippen LogP contribution in [0.4, 0.5) is 5.69 Å². The van der Waals surface area contributed by atoms with Gasteiger partial charge in [0, 0.05) is 11.7 Å². The number of anilines is 1. The van der Waals surface area contributed by atoms with Crippen LogP contribution in [-0.4, -0.2) is 23.7 Å². The van der Waals surface area contributed by atoms with E-state index in [0.717, 1.165) is 18.5 Å². The topological polar surface area (TPSA) is 50.4 Å². The number of rotatable bonds is 6. The second-order valence-electron chi connectivity index (χ2n) is 4.59. The summed E-state index contributed by atoms with van der Waals surface area (Å²) in [6.07, 6.45) is 2.19. The highest BCUT2D eigenvalue weighted by atomic mass is 32.1. The van der Waals surface area contributed by atoms with Crippen LogP contribution >= 0.6 is 12.2 Å². The maximum absolute atomic E-state index is 11.5. The Labute approximate surface area is 125 Å². The van der Waals surface area contributed by atoms with Crippen molar-refractivity contribution in [2.24, 2.45) is 0 Å². The molecule has 0 bridgehead atoms. The summed E-state index contributed by atoms with van der Waals surface area (Å²) in [6, 6.07) is 7.41. The second-order valence-corrected chi connectivity index (χ2v) is 4.99. The number of carbonyl (C=O) groups excluding carboxylic acids is 1. The van der Waals surface area contributed by atoms with Gasteiger partial charge in [-0.15, -0.1) is 0 Å². The van der Waals surface area contributed by atoms with Gasteiger partial charge in [-0.1, -0.05) is 13.3 Å². The quantitative estimate of drug-likeness (QED) is 0.622. The van der Waals surface area contributed by atoms with Crippen molar-refractivity contribution in [2.45, 2.75) is 39.7 Å². The van der Waals surface area contributed by atoms with Crippen LogP contribution in [-0.2, 0) is 4.74 Å². The molecule has 0 aliphatic carbocycles. The maximum atomic E-state index is 11.5. The Balaban J connectivity index is 2.52. The summed E-state index contributed by atoms with van der Waals surface area (Å²) in [6.45, 7) is 6.40. The number of hydrogen-bond donors (Lipinski definition) is 2. The Morgan fingerprint density at radius 3 is 2.50 bits per heavy atom. The van der Waals surface area contributed by atoms with Crippen molar-refractivity contribution >= 4 is 29.0 Å². The molecule has 1 aromatic rings. The first kappa shape index (κ1) is 16.4. The fraction of sp³-hybridized carbons (Fsp3) is 0.467. The van der Waals surface area contributed by atoms with Crippen molar-refractivity contribution in [2.75, 3.05) is 11.9 Å². The summed E-state index contributed by atoms with van der Waals surface area (Å²) in [5.74, 6) is -0.309. The summed E-state index contributed by atoms with van der Waals surface area (Å²) >= 11 is 5.24. The number of thiocarbonyl (C=S) groups is 1. The van der Waals surface area contributed by atoms with Gasteiger partial charge >= 0.3 is 5.97 Å². The van der Waals surface area contributed by atoms with Crippen LogP contribution in [0.5, 0.6) is 0 Å². The molecule has 4 nitrogen and oxygen atoms in total. The average Bonchev–Trinajstić information content (AvgIpc) is 2.39. The summed E-state index contributed by atoms with van der Waals surface area (Å²) in [5.41, 5.74) is 1.38. The van der Waals surface area contributed by atoms with Gasteiger partial charge in [0.05, 0.1) is 12.2 Å². The van der Waals surface area contributed by atoms with Gasteiger partial charge in [-0.05, 0) is 56.8 Å². The van der Waals surface area contributed by atoms with E-state index in [4.69, 9.17) is 17.0 Å². The van der Waals surface area contributed by atoms with Gasteiger partial charge in [0.2, 0.25) is 0 Å². The monoisotopic (exact) mass is 294 g/mol. The van der Waals surface area contributed by atoms with Crippen LogP contribution in [0.1, 0.15) is 44.0 Å². The van der Waals surface area contributed by atoms with E-state index >= 15 is 0 Å². The van der Waals surface area contributed by atoms with Crippen LogP contribution in [0, 0.1) is 0 Å². The Morgan fingerprint density at radius 2 is 1.95 bits per heavy atom. The van der Waals surface area contributed by atoms with Crippen molar-refractivity contribution in [1.29, 1.82) is 0 Å². The minimum atomic E-state index is -0.309. The largest absolute Gasteiger partial charge is 0.462 e. The standard InChI is InChI=1S/C15H22N2O2S/c1-4-6-11(3)16-15(20)17-13-9-7-12(8-10-13)14(18)19-5-2/h7-11H,4-6H2,1-3H3,(H2,16,17,20). The molecular formula is C15H22N2O2S. The fourth-order valence-electron chi connectivity index (χ4n) is 1.80. The molecule has 1 unspecified atom stereocenters. The van der Waals surface area contributed by atoms with Crippen molar-refractivity contribution in [1.82, 2.24) is 5.32 Å². The Kier molecular flexibility index (Phi) is 7.01. The van der Waals surface area contributed by atoms with E-state index in [2.05, 4.69) is 24.5 Å². The lowest BCUT2D eigenvalue weighted by Gasteiger charge is -2.16. The van der Waals surface area contributed by atoms with Gasteiger partial charge in [0.25, 0.3) is 0 Å². The van der Waals surface area contributed by atoms with Crippen LogP contribution in [0.15, 0.2) is 24.3 Å². The number of benzene rings is 1. The van der Waals surface area contributed by atoms with Gasteiger partial charge < -0.3 is 15.4 Å². The van der Waals surface area contributed by atoms with E-state index in [1.807, 2.05) is 12.1 Å². The first-order valence-corrected chi connectivity index (χ1v) is 7.32. The molecule has 5 heteroatoms. The van der Waals surface area contributed by atoms with E-state index in [1.54, 1.807) is 19.1 Å². The molecular weight excluding hydrogens is 272 g/mol. The third-order valence-electron chi connectivity index (χ3n) is 2.75. The SMILES string of the molecule is CCCC(C)NC(=S)Nc1ccc(C(=O)OCC)cc1. The molecule has 0 radical (unpaired) electrons. The minimum Gasteiger partial charge on any atom is -0.462 e. The molecule has 0 aliphatic heterocycles. The Bertz CT molecular complexity index is 446. The lowest BCUT2D eigenvalue weighted by atomic mass is 10.2. The van der Waals surface area contributed by atoms with Crippen LogP contribution in [0.3, 0.4) is 0 Å². The van der Waals surface area contributed by atoms with Crippen molar-refractivity contribution in [3.8, 4) is 0 Å². The first-order valence-electron chi connectivity index (χ1n) is 6.91. The molecule has 20 heavy (non-hydrogen) atoms. The minimum absolute atomic E-state index is 0.309. The van der Waals surface area contributed by atoms with E-state index < -0.39 is 0 Å². The molecule has 0 saturated heterocycles. The molecule has 0 aliphatic rings. The Hall–Kier alpha value is -1.62. The number of esters is 1.